The van der Waals surface area contributed by atoms with E-state index in [0.717, 1.165) is 15.9 Å². The van der Waals surface area contributed by atoms with Gasteiger partial charge in [0.25, 0.3) is 5.91 Å². The number of fused-ring (bicyclic) bond motifs is 1. The Morgan fingerprint density at radius 1 is 1.38 bits per heavy atom. The summed E-state index contributed by atoms with van der Waals surface area (Å²) in [5.74, 6) is -0.238. The highest BCUT2D eigenvalue weighted by molar-refractivity contribution is 7.11. The van der Waals surface area contributed by atoms with Crippen LogP contribution in [0.4, 0.5) is 0 Å². The predicted octanol–water partition coefficient (Wildman–Crippen LogP) is 2.20. The third kappa shape index (κ3) is 2.82. The molecule has 0 unspecified atom stereocenters. The van der Waals surface area contributed by atoms with E-state index in [0.29, 0.717) is 0 Å². The van der Waals surface area contributed by atoms with E-state index < -0.39 is 6.04 Å². The van der Waals surface area contributed by atoms with Crippen LogP contribution in [0.15, 0.2) is 46.9 Å². The van der Waals surface area contributed by atoms with E-state index in [1.54, 1.807) is 29.2 Å². The molecule has 1 atom stereocenters. The van der Waals surface area contributed by atoms with Gasteiger partial charge in [0.15, 0.2) is 0 Å². The molecule has 1 amide bonds. The Morgan fingerprint density at radius 3 is 3.05 bits per heavy atom. The number of nitrogens with zero attached hydrogens (tertiary/aromatic N) is 4. The number of para-hydroxylation sites is 1. The summed E-state index contributed by atoms with van der Waals surface area (Å²) < 4.78 is 1.59. The first-order valence-electron chi connectivity index (χ1n) is 6.42. The second kappa shape index (κ2) is 5.84. The number of rotatable bonds is 4. The largest absolute Gasteiger partial charge is 0.271 e. The molecule has 0 fully saturated rings. The van der Waals surface area contributed by atoms with Gasteiger partial charge in [-0.3, -0.25) is 4.79 Å². The zero-order chi connectivity index (χ0) is 14.7. The van der Waals surface area contributed by atoms with Gasteiger partial charge in [-0.25, -0.2) is 10.1 Å². The van der Waals surface area contributed by atoms with Crippen molar-refractivity contribution in [3.63, 3.8) is 0 Å². The highest BCUT2D eigenvalue weighted by atomic mass is 32.1. The monoisotopic (exact) mass is 299 g/mol. The maximum Gasteiger partial charge on any atom is 0.264 e. The minimum absolute atomic E-state index is 0.238. The number of amides is 1. The van der Waals surface area contributed by atoms with Gasteiger partial charge < -0.3 is 0 Å². The molecule has 0 bridgehead atoms. The molecule has 0 aliphatic heterocycles. The van der Waals surface area contributed by atoms with Crippen LogP contribution in [0.25, 0.3) is 11.0 Å². The number of carbonyl (C=O) groups is 1. The number of hydrogen-bond acceptors (Lipinski definition) is 5. The fourth-order valence-electron chi connectivity index (χ4n) is 1.90. The van der Waals surface area contributed by atoms with Gasteiger partial charge in [0.1, 0.15) is 11.6 Å². The van der Waals surface area contributed by atoms with Crippen LogP contribution in [0.3, 0.4) is 0 Å². The summed E-state index contributed by atoms with van der Waals surface area (Å²) >= 11 is 1.55. The Balaban J connectivity index is 1.72. The maximum atomic E-state index is 12.1. The zero-order valence-electron chi connectivity index (χ0n) is 11.3. The van der Waals surface area contributed by atoms with Crippen LogP contribution in [0.5, 0.6) is 0 Å². The Labute approximate surface area is 125 Å². The Morgan fingerprint density at radius 2 is 2.24 bits per heavy atom. The summed E-state index contributed by atoms with van der Waals surface area (Å²) in [6, 6.07) is 10.9. The summed E-state index contributed by atoms with van der Waals surface area (Å²) in [5, 5.41) is 14.0. The number of benzene rings is 1. The summed E-state index contributed by atoms with van der Waals surface area (Å²) in [5.41, 5.74) is 4.11. The van der Waals surface area contributed by atoms with Gasteiger partial charge in [-0.15, -0.1) is 16.4 Å². The van der Waals surface area contributed by atoms with Crippen LogP contribution in [-0.2, 0) is 4.79 Å². The standard InChI is InChI=1S/C14H13N5OS/c1-10(14(20)17-15-9-11-5-4-8-21-11)19-13-7-3-2-6-12(13)16-18-19/h2-10H,1H3,(H,17,20)/b15-9-/t10-/m1/s1. The highest BCUT2D eigenvalue weighted by Gasteiger charge is 2.17. The SMILES string of the molecule is C[C@H](C(=O)N/N=C\c1cccs1)n1nnc2ccccc21. The third-order valence-electron chi connectivity index (χ3n) is 3.03. The van der Waals surface area contributed by atoms with E-state index in [-0.39, 0.29) is 5.91 Å². The van der Waals surface area contributed by atoms with E-state index in [4.69, 9.17) is 0 Å². The first-order valence-corrected chi connectivity index (χ1v) is 7.30. The van der Waals surface area contributed by atoms with Gasteiger partial charge in [-0.1, -0.05) is 23.4 Å². The van der Waals surface area contributed by atoms with E-state index in [1.807, 2.05) is 41.8 Å². The molecule has 106 valence electrons. The average Bonchev–Trinajstić information content (AvgIpc) is 3.15. The van der Waals surface area contributed by atoms with Crippen LogP contribution in [-0.4, -0.2) is 27.1 Å². The number of carbonyl (C=O) groups excluding carboxylic acids is 1. The molecule has 0 spiro atoms. The molecular weight excluding hydrogens is 286 g/mol. The van der Waals surface area contributed by atoms with Crippen molar-refractivity contribution in [2.75, 3.05) is 0 Å². The predicted molar refractivity (Wildman–Crippen MR) is 82.3 cm³/mol. The summed E-state index contributed by atoms with van der Waals surface area (Å²) in [6.45, 7) is 1.76. The zero-order valence-corrected chi connectivity index (χ0v) is 12.1. The fourth-order valence-corrected chi connectivity index (χ4v) is 2.49. The molecule has 21 heavy (non-hydrogen) atoms. The minimum atomic E-state index is -0.488. The first-order chi connectivity index (χ1) is 10.3. The molecule has 2 heterocycles. The normalized spacial score (nSPS) is 12.8. The molecule has 0 aliphatic rings. The third-order valence-corrected chi connectivity index (χ3v) is 3.84. The summed E-state index contributed by atoms with van der Waals surface area (Å²) in [4.78, 5) is 13.1. The molecule has 0 aliphatic carbocycles. The number of hydrogen-bond donors (Lipinski definition) is 1. The molecule has 0 radical (unpaired) electrons. The number of thiophene rings is 1. The molecule has 2 aromatic heterocycles. The van der Waals surface area contributed by atoms with Crippen LogP contribution in [0.1, 0.15) is 17.8 Å². The quantitative estimate of drug-likeness (QED) is 0.593. The smallest absolute Gasteiger partial charge is 0.264 e. The Kier molecular flexibility index (Phi) is 3.74. The lowest BCUT2D eigenvalue weighted by Crippen LogP contribution is -2.28. The van der Waals surface area contributed by atoms with Crippen LogP contribution in [0, 0.1) is 0 Å². The Hall–Kier alpha value is -2.54. The number of hydrazone groups is 1. The maximum absolute atomic E-state index is 12.1. The van der Waals surface area contributed by atoms with E-state index in [1.165, 1.54) is 0 Å². The highest BCUT2D eigenvalue weighted by Crippen LogP contribution is 2.15. The van der Waals surface area contributed by atoms with E-state index >= 15 is 0 Å². The van der Waals surface area contributed by atoms with Crippen molar-refractivity contribution in [2.45, 2.75) is 13.0 Å². The van der Waals surface area contributed by atoms with Crippen molar-refractivity contribution in [1.29, 1.82) is 0 Å². The molecule has 3 aromatic rings. The number of nitrogens with one attached hydrogen (secondary N) is 1. The minimum Gasteiger partial charge on any atom is -0.271 e. The van der Waals surface area contributed by atoms with Crippen LogP contribution in [0.2, 0.25) is 0 Å². The Bertz CT molecular complexity index is 778. The number of aromatic nitrogens is 3. The molecule has 1 aromatic carbocycles. The topological polar surface area (TPSA) is 72.2 Å². The molecule has 1 N–H and O–H groups in total. The van der Waals surface area contributed by atoms with E-state index in [9.17, 15) is 4.79 Å². The van der Waals surface area contributed by atoms with Crippen molar-refractivity contribution < 1.29 is 4.79 Å². The average molecular weight is 299 g/mol. The van der Waals surface area contributed by atoms with Gasteiger partial charge in [0.05, 0.1) is 11.7 Å². The van der Waals surface area contributed by atoms with E-state index in [2.05, 4.69) is 20.8 Å². The van der Waals surface area contributed by atoms with Gasteiger partial charge in [-0.05, 0) is 30.5 Å². The van der Waals surface area contributed by atoms with Gasteiger partial charge >= 0.3 is 0 Å². The van der Waals surface area contributed by atoms with Crippen LogP contribution < -0.4 is 5.43 Å². The summed E-state index contributed by atoms with van der Waals surface area (Å²) in [7, 11) is 0. The lowest BCUT2D eigenvalue weighted by Gasteiger charge is -2.10. The molecule has 6 nitrogen and oxygen atoms in total. The lowest BCUT2D eigenvalue weighted by molar-refractivity contribution is -0.124. The van der Waals surface area contributed by atoms with Crippen molar-refractivity contribution in [3.8, 4) is 0 Å². The second-order valence-corrected chi connectivity index (χ2v) is 5.43. The van der Waals surface area contributed by atoms with Gasteiger partial charge in [0.2, 0.25) is 0 Å². The molecule has 7 heteroatoms. The van der Waals surface area contributed by atoms with Crippen molar-refractivity contribution >= 4 is 34.5 Å². The fraction of sp³-hybridized carbons (Fsp3) is 0.143. The van der Waals surface area contributed by atoms with Crippen LogP contribution >= 0.6 is 11.3 Å². The van der Waals surface area contributed by atoms with Crippen molar-refractivity contribution in [3.05, 3.63) is 46.7 Å². The summed E-state index contributed by atoms with van der Waals surface area (Å²) in [6.07, 6.45) is 1.62. The van der Waals surface area contributed by atoms with Gasteiger partial charge in [0, 0.05) is 4.88 Å². The molecule has 3 rings (SSSR count). The van der Waals surface area contributed by atoms with Gasteiger partial charge in [-0.2, -0.15) is 5.10 Å². The lowest BCUT2D eigenvalue weighted by atomic mass is 10.3. The molecule has 0 saturated carbocycles. The second-order valence-electron chi connectivity index (χ2n) is 4.45. The van der Waals surface area contributed by atoms with Crippen molar-refractivity contribution in [1.82, 2.24) is 20.4 Å². The van der Waals surface area contributed by atoms with Crippen molar-refractivity contribution in [2.24, 2.45) is 5.10 Å². The molecular formula is C14H13N5OS. The molecule has 0 saturated heterocycles. The first kappa shape index (κ1) is 13.4.